The number of likely N-dealkylation sites (N-methyl/N-ethyl adjacent to an activating group) is 1. The molecule has 2 heterocycles. The Labute approximate surface area is 190 Å². The normalized spacial score (nSPS) is 13.5. The Bertz CT molecular complexity index is 1020. The topological polar surface area (TPSA) is 101 Å². The minimum absolute atomic E-state index is 0.0735. The lowest BCUT2D eigenvalue weighted by atomic mass is 10.1. The van der Waals surface area contributed by atoms with E-state index in [4.69, 9.17) is 0 Å². The summed E-state index contributed by atoms with van der Waals surface area (Å²) in [5.74, 6) is -0.403. The highest BCUT2D eigenvalue weighted by Crippen LogP contribution is 2.24. The van der Waals surface area contributed by atoms with Crippen molar-refractivity contribution in [1.82, 2.24) is 30.2 Å². The molecule has 0 saturated heterocycles. The number of rotatable bonds is 8. The van der Waals surface area contributed by atoms with Gasteiger partial charge in [0.1, 0.15) is 5.69 Å². The van der Waals surface area contributed by atoms with Gasteiger partial charge in [-0.2, -0.15) is 23.4 Å². The van der Waals surface area contributed by atoms with Crippen molar-refractivity contribution >= 4 is 18.6 Å². The maximum Gasteiger partial charge on any atom is 0.413 e. The molecule has 0 aromatic carbocycles. The third kappa shape index (κ3) is 6.70. The molecule has 2 rings (SSSR count). The van der Waals surface area contributed by atoms with Gasteiger partial charge in [-0.05, 0) is 46.0 Å². The summed E-state index contributed by atoms with van der Waals surface area (Å²) in [7, 11) is 0. The highest BCUT2D eigenvalue weighted by molar-refractivity contribution is 5.96. The third-order valence-corrected chi connectivity index (χ3v) is 4.83. The van der Waals surface area contributed by atoms with E-state index >= 15 is 0 Å². The zero-order valence-electron chi connectivity index (χ0n) is 19.0. The van der Waals surface area contributed by atoms with Gasteiger partial charge >= 0.3 is 6.18 Å². The van der Waals surface area contributed by atoms with Gasteiger partial charge in [0.25, 0.3) is 5.91 Å². The Morgan fingerprint density at radius 3 is 2.52 bits per heavy atom. The number of allylic oxidation sites excluding steroid dienone is 1. The van der Waals surface area contributed by atoms with Crippen molar-refractivity contribution in [2.45, 2.75) is 46.3 Å². The molecular formula is C21H27F3N8O. The molecule has 1 amide bonds. The Hall–Kier alpha value is -3.57. The van der Waals surface area contributed by atoms with Gasteiger partial charge in [0.05, 0.1) is 25.0 Å². The van der Waals surface area contributed by atoms with E-state index in [2.05, 4.69) is 37.2 Å². The second-order valence-corrected chi connectivity index (χ2v) is 7.08. The molecular weight excluding hydrogens is 437 g/mol. The lowest BCUT2D eigenvalue weighted by molar-refractivity contribution is -0.0916. The lowest BCUT2D eigenvalue weighted by Gasteiger charge is -2.29. The number of hydrogen-bond acceptors (Lipinski definition) is 5. The predicted molar refractivity (Wildman–Crippen MR) is 119 cm³/mol. The summed E-state index contributed by atoms with van der Waals surface area (Å²) >= 11 is 0. The number of halogens is 3. The van der Waals surface area contributed by atoms with E-state index in [-0.39, 0.29) is 30.1 Å². The van der Waals surface area contributed by atoms with Gasteiger partial charge in [-0.15, -0.1) is 4.80 Å². The number of aromatic nitrogens is 4. The van der Waals surface area contributed by atoms with Crippen LogP contribution in [0.2, 0.25) is 0 Å². The van der Waals surface area contributed by atoms with E-state index in [1.807, 2.05) is 13.8 Å². The van der Waals surface area contributed by atoms with Gasteiger partial charge in [-0.3, -0.25) is 4.79 Å². The van der Waals surface area contributed by atoms with Crippen molar-refractivity contribution in [1.29, 1.82) is 0 Å². The number of nitrogens with one attached hydrogen (secondary N) is 1. The number of aliphatic imine (C=N–C) groups is 2. The number of aryl methyl sites for hydroxylation is 1. The van der Waals surface area contributed by atoms with Crippen LogP contribution < -0.4 is 5.32 Å². The van der Waals surface area contributed by atoms with Gasteiger partial charge in [0, 0.05) is 24.0 Å². The molecule has 0 radical (unpaired) electrons. The second kappa shape index (κ2) is 11.3. The third-order valence-electron chi connectivity index (χ3n) is 4.83. The molecule has 9 nitrogen and oxygen atoms in total. The number of amides is 1. The Morgan fingerprint density at radius 1 is 1.30 bits per heavy atom. The molecule has 1 atom stereocenters. The first-order chi connectivity index (χ1) is 15.6. The quantitative estimate of drug-likeness (QED) is 0.477. The molecule has 178 valence electrons. The van der Waals surface area contributed by atoms with Gasteiger partial charge in [-0.1, -0.05) is 6.92 Å². The Balaban J connectivity index is 2.28. The van der Waals surface area contributed by atoms with Crippen molar-refractivity contribution in [3.63, 3.8) is 0 Å². The number of hydrogen-bond donors (Lipinski definition) is 1. The molecule has 0 saturated carbocycles. The summed E-state index contributed by atoms with van der Waals surface area (Å²) in [6.45, 7) is 10.2. The van der Waals surface area contributed by atoms with Crippen molar-refractivity contribution in [3.8, 4) is 5.69 Å². The molecule has 0 aliphatic rings. The zero-order valence-corrected chi connectivity index (χ0v) is 19.0. The summed E-state index contributed by atoms with van der Waals surface area (Å²) in [6, 6.07) is 3.13. The number of carbonyl (C=O) groups is 1. The molecule has 0 aliphatic carbocycles. The molecule has 0 spiro atoms. The summed E-state index contributed by atoms with van der Waals surface area (Å²) in [6.07, 6.45) is -0.135. The summed E-state index contributed by atoms with van der Waals surface area (Å²) in [4.78, 5) is 28.7. The van der Waals surface area contributed by atoms with E-state index in [0.29, 0.717) is 24.3 Å². The van der Waals surface area contributed by atoms with Crippen molar-refractivity contribution < 1.29 is 18.0 Å². The van der Waals surface area contributed by atoms with E-state index in [9.17, 15) is 18.0 Å². The minimum Gasteiger partial charge on any atom is -0.333 e. The molecule has 1 N–H and O–H groups in total. The molecule has 0 aliphatic heterocycles. The van der Waals surface area contributed by atoms with E-state index in [0.717, 1.165) is 13.1 Å². The average molecular weight is 464 g/mol. The summed E-state index contributed by atoms with van der Waals surface area (Å²) in [5, 5.41) is 10.6. The first-order valence-corrected chi connectivity index (χ1v) is 10.3. The van der Waals surface area contributed by atoms with E-state index in [1.54, 1.807) is 24.0 Å². The van der Waals surface area contributed by atoms with Crippen LogP contribution in [0.1, 0.15) is 43.4 Å². The first-order valence-electron chi connectivity index (χ1n) is 10.3. The highest BCUT2D eigenvalue weighted by atomic mass is 19.4. The number of alkyl halides is 3. The maximum atomic E-state index is 13.4. The lowest BCUT2D eigenvalue weighted by Crippen LogP contribution is -2.43. The Kier molecular flexibility index (Phi) is 8.83. The summed E-state index contributed by atoms with van der Waals surface area (Å²) in [5.41, 5.74) is 0.460. The van der Waals surface area contributed by atoms with Gasteiger partial charge in [-0.25, -0.2) is 15.0 Å². The van der Waals surface area contributed by atoms with Crippen LogP contribution >= 0.6 is 0 Å². The van der Waals surface area contributed by atoms with Gasteiger partial charge < -0.3 is 10.2 Å². The maximum absolute atomic E-state index is 13.4. The fourth-order valence-corrected chi connectivity index (χ4v) is 2.95. The number of nitrogens with zero attached hydrogens (tertiary/aromatic N) is 7. The van der Waals surface area contributed by atoms with Crippen LogP contribution in [-0.4, -0.2) is 68.8 Å². The van der Waals surface area contributed by atoms with Crippen molar-refractivity contribution in [3.05, 3.63) is 47.7 Å². The van der Waals surface area contributed by atoms with Crippen LogP contribution in [0.15, 0.2) is 46.3 Å². The monoisotopic (exact) mass is 464 g/mol. The van der Waals surface area contributed by atoms with Crippen molar-refractivity contribution in [2.24, 2.45) is 9.98 Å². The second-order valence-electron chi connectivity index (χ2n) is 7.08. The average Bonchev–Trinajstić information content (AvgIpc) is 3.31. The Morgan fingerprint density at radius 2 is 1.97 bits per heavy atom. The molecule has 2 aromatic heterocycles. The predicted octanol–water partition coefficient (Wildman–Crippen LogP) is 3.32. The smallest absolute Gasteiger partial charge is 0.333 e. The van der Waals surface area contributed by atoms with Gasteiger partial charge in [0.2, 0.25) is 5.96 Å². The summed E-state index contributed by atoms with van der Waals surface area (Å²) < 4.78 is 38.0. The van der Waals surface area contributed by atoms with Crippen LogP contribution in [0, 0.1) is 6.92 Å². The zero-order chi connectivity index (χ0) is 24.6. The highest BCUT2D eigenvalue weighted by Gasteiger charge is 2.30. The van der Waals surface area contributed by atoms with E-state index < -0.39 is 11.7 Å². The van der Waals surface area contributed by atoms with Crippen LogP contribution in [0.5, 0.6) is 0 Å². The fraction of sp³-hybridized carbons (Fsp3) is 0.429. The molecule has 0 unspecified atom stereocenters. The molecule has 0 fully saturated rings. The molecule has 2 aromatic rings. The standard InChI is InChI=1S/C21H27F3N8O/c1-6-16(13-27-20(25-5)26-12-14(3)21(22,23)24)31(7-2)19(33)18-17(9-8-15(4)30-18)32-28-10-11-29-32/h8-12,16H,5-7,13H2,1-4H3,(H,26,27)/b14-12+/t16-/m0/s1. The SMILES string of the molecule is C=NC(=NC[C@H](CC)N(CC)C(=O)c1nc(C)ccc1-n1nccn1)N/C=C(\C)C(F)(F)F. The first kappa shape index (κ1) is 25.7. The molecule has 33 heavy (non-hydrogen) atoms. The van der Waals surface area contributed by atoms with Crippen LogP contribution in [-0.2, 0) is 0 Å². The molecule has 0 bridgehead atoms. The van der Waals surface area contributed by atoms with Gasteiger partial charge in [0.15, 0.2) is 5.69 Å². The molecule has 12 heteroatoms. The van der Waals surface area contributed by atoms with Crippen molar-refractivity contribution in [2.75, 3.05) is 13.1 Å². The number of pyridine rings is 1. The van der Waals surface area contributed by atoms with E-state index in [1.165, 1.54) is 17.2 Å². The number of guanidine groups is 1. The van der Waals surface area contributed by atoms with Crippen LogP contribution in [0.4, 0.5) is 13.2 Å². The number of carbonyl (C=O) groups excluding carboxylic acids is 1. The van der Waals surface area contributed by atoms with Crippen LogP contribution in [0.25, 0.3) is 5.69 Å². The minimum atomic E-state index is -4.46. The largest absolute Gasteiger partial charge is 0.413 e. The fourth-order valence-electron chi connectivity index (χ4n) is 2.95. The van der Waals surface area contributed by atoms with Crippen LogP contribution in [0.3, 0.4) is 0 Å².